The van der Waals surface area contributed by atoms with Crippen LogP contribution in [-0.4, -0.2) is 25.5 Å². The van der Waals surface area contributed by atoms with E-state index in [0.717, 1.165) is 19.3 Å². The van der Waals surface area contributed by atoms with Crippen molar-refractivity contribution in [3.8, 4) is 0 Å². The Bertz CT molecular complexity index is 113. The Morgan fingerprint density at radius 1 is 1.25 bits per heavy atom. The van der Waals surface area contributed by atoms with Crippen molar-refractivity contribution in [2.75, 3.05) is 7.11 Å². The zero-order chi connectivity index (χ0) is 9.61. The van der Waals surface area contributed by atoms with Gasteiger partial charge in [-0.25, -0.2) is 0 Å². The lowest BCUT2D eigenvalue weighted by atomic mass is 10.0. The van der Waals surface area contributed by atoms with Crippen molar-refractivity contribution in [1.82, 2.24) is 0 Å². The van der Waals surface area contributed by atoms with E-state index in [4.69, 9.17) is 0 Å². The van der Waals surface area contributed by atoms with Gasteiger partial charge in [-0.05, 0) is 12.3 Å². The minimum absolute atomic E-state index is 0.426. The molecule has 0 spiro atoms. The van der Waals surface area contributed by atoms with E-state index >= 15 is 0 Å². The normalized spacial score (nSPS) is 12.5. The summed E-state index contributed by atoms with van der Waals surface area (Å²) in [6.07, 6.45) is 3.06. The summed E-state index contributed by atoms with van der Waals surface area (Å²) in [6.45, 7) is 4.25. The molecule has 0 saturated carbocycles. The molecule has 0 radical (unpaired) electrons. The molecule has 0 heterocycles. The Morgan fingerprint density at radius 3 is 2.08 bits per heavy atom. The molecular formula is C8H20O3Si. The van der Waals surface area contributed by atoms with Gasteiger partial charge in [0.25, 0.3) is 0 Å². The van der Waals surface area contributed by atoms with Gasteiger partial charge in [0, 0.05) is 13.2 Å². The van der Waals surface area contributed by atoms with E-state index < -0.39 is 8.80 Å². The van der Waals surface area contributed by atoms with Crippen molar-refractivity contribution < 1.29 is 14.0 Å². The lowest BCUT2D eigenvalue weighted by Gasteiger charge is -2.17. The summed E-state index contributed by atoms with van der Waals surface area (Å²) in [5, 5.41) is 0. The summed E-state index contributed by atoms with van der Waals surface area (Å²) in [6, 6.07) is 0.426. The lowest BCUT2D eigenvalue weighted by molar-refractivity contribution is 0.180. The molecule has 0 bridgehead atoms. The second kappa shape index (κ2) is 5.69. The highest BCUT2D eigenvalue weighted by molar-refractivity contribution is 6.57. The van der Waals surface area contributed by atoms with Gasteiger partial charge < -0.3 is 14.0 Å². The molecule has 3 nitrogen and oxygen atoms in total. The van der Waals surface area contributed by atoms with Crippen LogP contribution in [0.4, 0.5) is 0 Å². The molecule has 0 rings (SSSR count). The third-order valence-electron chi connectivity index (χ3n) is 2.36. The van der Waals surface area contributed by atoms with Crippen LogP contribution in [0, 0.1) is 5.92 Å². The van der Waals surface area contributed by atoms with Crippen LogP contribution in [0.5, 0.6) is 0 Å². The first-order chi connectivity index (χ1) is 5.55. The summed E-state index contributed by atoms with van der Waals surface area (Å²) in [5.74, 6) is 0.603. The fourth-order valence-corrected chi connectivity index (χ4v) is 2.18. The zero-order valence-electron chi connectivity index (χ0n) is 8.21. The molecule has 0 atom stereocenters. The molecule has 2 N–H and O–H groups in total. The summed E-state index contributed by atoms with van der Waals surface area (Å²) >= 11 is 0. The van der Waals surface area contributed by atoms with Gasteiger partial charge in [0.1, 0.15) is 0 Å². The molecule has 0 saturated heterocycles. The Labute approximate surface area is 75.7 Å². The Balaban J connectivity index is 3.65. The van der Waals surface area contributed by atoms with Crippen LogP contribution in [0.15, 0.2) is 0 Å². The maximum atomic E-state index is 9.24. The van der Waals surface area contributed by atoms with Gasteiger partial charge in [-0.3, -0.25) is 0 Å². The van der Waals surface area contributed by atoms with Crippen molar-refractivity contribution in [2.45, 2.75) is 39.2 Å². The molecule has 4 heteroatoms. The van der Waals surface area contributed by atoms with Crippen LogP contribution in [0.2, 0.25) is 6.04 Å². The molecule has 0 aromatic rings. The van der Waals surface area contributed by atoms with E-state index in [1.807, 2.05) is 0 Å². The van der Waals surface area contributed by atoms with Crippen LogP contribution < -0.4 is 0 Å². The highest BCUT2D eigenvalue weighted by Gasteiger charge is 2.30. The SMILES string of the molecule is CCC(CC)CC[Si](O)(O)OC. The number of hydrogen-bond donors (Lipinski definition) is 2. The topological polar surface area (TPSA) is 49.7 Å². The minimum atomic E-state index is -3.27. The third kappa shape index (κ3) is 4.87. The summed E-state index contributed by atoms with van der Waals surface area (Å²) in [4.78, 5) is 18.5. The predicted octanol–water partition coefficient (Wildman–Crippen LogP) is 1.38. The largest absolute Gasteiger partial charge is 0.495 e. The molecule has 0 aliphatic rings. The minimum Gasteiger partial charge on any atom is -0.390 e. The van der Waals surface area contributed by atoms with Gasteiger partial charge in [-0.15, -0.1) is 0 Å². The van der Waals surface area contributed by atoms with E-state index in [0.29, 0.717) is 12.0 Å². The third-order valence-corrected chi connectivity index (χ3v) is 3.95. The first kappa shape index (κ1) is 12.1. The van der Waals surface area contributed by atoms with Gasteiger partial charge in [-0.2, -0.15) is 0 Å². The average Bonchev–Trinajstić information content (AvgIpc) is 2.06. The molecular weight excluding hydrogens is 172 g/mol. The van der Waals surface area contributed by atoms with Crippen LogP contribution in [-0.2, 0) is 4.43 Å². The molecule has 12 heavy (non-hydrogen) atoms. The first-order valence-electron chi connectivity index (χ1n) is 4.55. The van der Waals surface area contributed by atoms with Crippen molar-refractivity contribution in [3.63, 3.8) is 0 Å². The van der Waals surface area contributed by atoms with Crippen LogP contribution in [0.25, 0.3) is 0 Å². The standard InChI is InChI=1S/C8H20O3Si/c1-4-8(5-2)6-7-12(9,10)11-3/h8-10H,4-7H2,1-3H3. The number of hydrogen-bond acceptors (Lipinski definition) is 3. The van der Waals surface area contributed by atoms with Gasteiger partial charge in [-0.1, -0.05) is 26.7 Å². The van der Waals surface area contributed by atoms with Gasteiger partial charge in [0.15, 0.2) is 0 Å². The summed E-state index contributed by atoms with van der Waals surface area (Å²) < 4.78 is 4.63. The maximum Gasteiger partial charge on any atom is 0.495 e. The second-order valence-corrected chi connectivity index (χ2v) is 5.56. The fourth-order valence-electron chi connectivity index (χ4n) is 1.19. The van der Waals surface area contributed by atoms with Gasteiger partial charge in [0.2, 0.25) is 0 Å². The van der Waals surface area contributed by atoms with Crippen molar-refractivity contribution in [2.24, 2.45) is 5.92 Å². The van der Waals surface area contributed by atoms with Crippen molar-refractivity contribution in [1.29, 1.82) is 0 Å². The monoisotopic (exact) mass is 192 g/mol. The number of rotatable bonds is 6. The molecule has 0 unspecified atom stereocenters. The Hall–Kier alpha value is 0.0969. The highest BCUT2D eigenvalue weighted by atomic mass is 28.4. The van der Waals surface area contributed by atoms with E-state index in [2.05, 4.69) is 18.3 Å². The van der Waals surface area contributed by atoms with E-state index in [9.17, 15) is 9.59 Å². The lowest BCUT2D eigenvalue weighted by Crippen LogP contribution is -2.37. The second-order valence-electron chi connectivity index (χ2n) is 3.17. The average molecular weight is 192 g/mol. The smallest absolute Gasteiger partial charge is 0.390 e. The quantitative estimate of drug-likeness (QED) is 0.625. The maximum absolute atomic E-state index is 9.24. The van der Waals surface area contributed by atoms with E-state index in [1.165, 1.54) is 7.11 Å². The van der Waals surface area contributed by atoms with Crippen LogP contribution in [0.3, 0.4) is 0 Å². The Kier molecular flexibility index (Phi) is 5.74. The zero-order valence-corrected chi connectivity index (χ0v) is 9.21. The van der Waals surface area contributed by atoms with Crippen molar-refractivity contribution in [3.05, 3.63) is 0 Å². The first-order valence-corrected chi connectivity index (χ1v) is 6.56. The highest BCUT2D eigenvalue weighted by Crippen LogP contribution is 2.18. The Morgan fingerprint density at radius 2 is 1.75 bits per heavy atom. The predicted molar refractivity (Wildman–Crippen MR) is 50.7 cm³/mol. The molecule has 74 valence electrons. The molecule has 0 aromatic carbocycles. The molecule has 0 aromatic heterocycles. The van der Waals surface area contributed by atoms with Gasteiger partial charge in [0.05, 0.1) is 0 Å². The fraction of sp³-hybridized carbons (Fsp3) is 1.00. The summed E-state index contributed by atoms with van der Waals surface area (Å²) in [7, 11) is -1.91. The molecule has 0 aliphatic heterocycles. The molecule has 0 aliphatic carbocycles. The molecule has 0 fully saturated rings. The van der Waals surface area contributed by atoms with Gasteiger partial charge >= 0.3 is 8.80 Å². The van der Waals surface area contributed by atoms with E-state index in [-0.39, 0.29) is 0 Å². The van der Waals surface area contributed by atoms with Crippen LogP contribution in [0.1, 0.15) is 33.1 Å². The summed E-state index contributed by atoms with van der Waals surface area (Å²) in [5.41, 5.74) is 0. The molecule has 0 amide bonds. The van der Waals surface area contributed by atoms with E-state index in [1.54, 1.807) is 0 Å². The van der Waals surface area contributed by atoms with Crippen LogP contribution >= 0.6 is 0 Å². The van der Waals surface area contributed by atoms with Crippen molar-refractivity contribution >= 4 is 8.80 Å².